The molecule has 3 fully saturated rings. The van der Waals surface area contributed by atoms with Crippen LogP contribution in [0.25, 0.3) is 0 Å². The molecule has 1 aromatic rings. The first-order valence-corrected chi connectivity index (χ1v) is 11.2. The van der Waals surface area contributed by atoms with Crippen LogP contribution >= 0.6 is 0 Å². The molecule has 2 saturated heterocycles. The normalized spacial score (nSPS) is 25.2. The molecule has 4 rings (SSSR count). The summed E-state index contributed by atoms with van der Waals surface area (Å²) in [5, 5.41) is 3.21. The van der Waals surface area contributed by atoms with E-state index in [1.807, 2.05) is 12.3 Å². The Morgan fingerprint density at radius 3 is 2.68 bits per heavy atom. The van der Waals surface area contributed by atoms with Gasteiger partial charge in [-0.05, 0) is 51.1 Å². The number of hydrogen-bond donors (Lipinski definition) is 1. The van der Waals surface area contributed by atoms with Gasteiger partial charge in [0.25, 0.3) is 0 Å². The number of piperidine rings is 2. The van der Waals surface area contributed by atoms with Crippen LogP contribution in [-0.4, -0.2) is 63.9 Å². The number of carbonyl (C=O) groups is 1. The maximum absolute atomic E-state index is 12.4. The van der Waals surface area contributed by atoms with Crippen LogP contribution in [0.2, 0.25) is 0 Å². The number of nitrogens with one attached hydrogen (secondary N) is 1. The lowest BCUT2D eigenvalue weighted by Crippen LogP contribution is -2.50. The largest absolute Gasteiger partial charge is 0.353 e. The van der Waals surface area contributed by atoms with Crippen LogP contribution in [0.5, 0.6) is 0 Å². The Morgan fingerprint density at radius 1 is 1.18 bits per heavy atom. The van der Waals surface area contributed by atoms with Crippen LogP contribution < -0.4 is 5.32 Å². The molecule has 0 radical (unpaired) electrons. The SMILES string of the molecule is CC(C)c1nccc(CN2CCC(N3CCCC(C(=O)NC4CC4)C3)CC2)n1. The highest BCUT2D eigenvalue weighted by molar-refractivity contribution is 5.79. The van der Waals surface area contributed by atoms with Gasteiger partial charge in [0.15, 0.2) is 0 Å². The van der Waals surface area contributed by atoms with Gasteiger partial charge in [0.2, 0.25) is 5.91 Å². The fourth-order valence-electron chi connectivity index (χ4n) is 4.55. The third kappa shape index (κ3) is 5.09. The highest BCUT2D eigenvalue weighted by Crippen LogP contribution is 2.26. The Morgan fingerprint density at radius 2 is 1.96 bits per heavy atom. The maximum atomic E-state index is 12.4. The van der Waals surface area contributed by atoms with Gasteiger partial charge in [-0.2, -0.15) is 0 Å². The summed E-state index contributed by atoms with van der Waals surface area (Å²) in [5.41, 5.74) is 1.13. The standard InChI is InChI=1S/C22H35N5O/c1-16(2)21-23-10-7-19(24-21)15-26-12-8-20(9-13-26)27-11-3-4-17(14-27)22(28)25-18-5-6-18/h7,10,16-18,20H,3-6,8-9,11-15H2,1-2H3,(H,25,28). The van der Waals surface area contributed by atoms with Gasteiger partial charge in [0.1, 0.15) is 5.82 Å². The van der Waals surface area contributed by atoms with Crippen molar-refractivity contribution in [2.24, 2.45) is 5.92 Å². The topological polar surface area (TPSA) is 61.4 Å². The van der Waals surface area contributed by atoms with Crippen LogP contribution in [-0.2, 0) is 11.3 Å². The van der Waals surface area contributed by atoms with E-state index in [2.05, 4.69) is 33.9 Å². The highest BCUT2D eigenvalue weighted by Gasteiger charge is 2.33. The van der Waals surface area contributed by atoms with E-state index in [-0.39, 0.29) is 5.92 Å². The predicted molar refractivity (Wildman–Crippen MR) is 110 cm³/mol. The zero-order chi connectivity index (χ0) is 19.5. The van der Waals surface area contributed by atoms with Gasteiger partial charge < -0.3 is 5.32 Å². The predicted octanol–water partition coefficient (Wildman–Crippen LogP) is 2.56. The minimum absolute atomic E-state index is 0.197. The van der Waals surface area contributed by atoms with E-state index in [0.29, 0.717) is 23.9 Å². The number of likely N-dealkylation sites (tertiary alicyclic amines) is 2. The summed E-state index contributed by atoms with van der Waals surface area (Å²) < 4.78 is 0. The van der Waals surface area contributed by atoms with Crippen molar-refractivity contribution in [3.63, 3.8) is 0 Å². The fourth-order valence-corrected chi connectivity index (χ4v) is 4.55. The molecule has 1 aromatic heterocycles. The zero-order valence-corrected chi connectivity index (χ0v) is 17.4. The molecule has 28 heavy (non-hydrogen) atoms. The molecule has 3 aliphatic rings. The van der Waals surface area contributed by atoms with E-state index in [1.165, 1.54) is 25.7 Å². The van der Waals surface area contributed by atoms with Gasteiger partial charge in [-0.15, -0.1) is 0 Å². The van der Waals surface area contributed by atoms with Gasteiger partial charge in [0, 0.05) is 50.4 Å². The second-order valence-corrected chi connectivity index (χ2v) is 9.19. The van der Waals surface area contributed by atoms with Crippen molar-refractivity contribution in [1.29, 1.82) is 0 Å². The van der Waals surface area contributed by atoms with Gasteiger partial charge in [0.05, 0.1) is 11.6 Å². The molecular formula is C22H35N5O. The van der Waals surface area contributed by atoms with E-state index in [9.17, 15) is 4.79 Å². The van der Waals surface area contributed by atoms with Gasteiger partial charge >= 0.3 is 0 Å². The average Bonchev–Trinajstić information content (AvgIpc) is 3.53. The Hall–Kier alpha value is -1.53. The number of carbonyl (C=O) groups excluding carboxylic acids is 1. The van der Waals surface area contributed by atoms with E-state index >= 15 is 0 Å². The molecule has 1 atom stereocenters. The molecule has 0 spiro atoms. The molecule has 154 valence electrons. The summed E-state index contributed by atoms with van der Waals surface area (Å²) in [6, 6.07) is 3.15. The second-order valence-electron chi connectivity index (χ2n) is 9.19. The summed E-state index contributed by atoms with van der Waals surface area (Å²) in [6.45, 7) is 9.53. The highest BCUT2D eigenvalue weighted by atomic mass is 16.2. The van der Waals surface area contributed by atoms with Crippen LogP contribution in [0.4, 0.5) is 0 Å². The Kier molecular flexibility index (Phi) is 6.26. The molecule has 6 heteroatoms. The number of aromatic nitrogens is 2. The molecule has 1 N–H and O–H groups in total. The maximum Gasteiger partial charge on any atom is 0.224 e. The molecule has 1 aliphatic carbocycles. The zero-order valence-electron chi connectivity index (χ0n) is 17.4. The molecule has 6 nitrogen and oxygen atoms in total. The molecule has 3 heterocycles. The summed E-state index contributed by atoms with van der Waals surface area (Å²) >= 11 is 0. The summed E-state index contributed by atoms with van der Waals surface area (Å²) in [4.78, 5) is 26.7. The van der Waals surface area contributed by atoms with Crippen molar-refractivity contribution in [1.82, 2.24) is 25.1 Å². The smallest absolute Gasteiger partial charge is 0.224 e. The van der Waals surface area contributed by atoms with Crippen LogP contribution in [0.1, 0.15) is 69.8 Å². The number of hydrogen-bond acceptors (Lipinski definition) is 5. The van der Waals surface area contributed by atoms with E-state index in [0.717, 1.165) is 57.1 Å². The van der Waals surface area contributed by atoms with Crippen molar-refractivity contribution < 1.29 is 4.79 Å². The quantitative estimate of drug-likeness (QED) is 0.815. The molecule has 0 bridgehead atoms. The summed E-state index contributed by atoms with van der Waals surface area (Å²) in [7, 11) is 0. The van der Waals surface area contributed by atoms with Crippen molar-refractivity contribution in [3.05, 3.63) is 23.8 Å². The summed E-state index contributed by atoms with van der Waals surface area (Å²) in [6.07, 6.45) is 8.84. The van der Waals surface area contributed by atoms with Crippen LogP contribution in [0.3, 0.4) is 0 Å². The van der Waals surface area contributed by atoms with Crippen LogP contribution in [0, 0.1) is 5.92 Å². The monoisotopic (exact) mass is 385 g/mol. The summed E-state index contributed by atoms with van der Waals surface area (Å²) in [5.74, 6) is 1.81. The van der Waals surface area contributed by atoms with Crippen molar-refractivity contribution >= 4 is 5.91 Å². The molecule has 2 aliphatic heterocycles. The third-order valence-corrected chi connectivity index (χ3v) is 6.45. The lowest BCUT2D eigenvalue weighted by molar-refractivity contribution is -0.127. The Bertz CT molecular complexity index is 667. The van der Waals surface area contributed by atoms with E-state index < -0.39 is 0 Å². The second kappa shape index (κ2) is 8.87. The molecule has 1 unspecified atom stereocenters. The van der Waals surface area contributed by atoms with Gasteiger partial charge in [-0.25, -0.2) is 9.97 Å². The van der Waals surface area contributed by atoms with Gasteiger partial charge in [-0.1, -0.05) is 13.8 Å². The van der Waals surface area contributed by atoms with Crippen LogP contribution in [0.15, 0.2) is 12.3 Å². The number of amides is 1. The first-order chi connectivity index (χ1) is 13.6. The number of nitrogens with zero attached hydrogens (tertiary/aromatic N) is 4. The molecule has 1 saturated carbocycles. The van der Waals surface area contributed by atoms with E-state index in [1.54, 1.807) is 0 Å². The van der Waals surface area contributed by atoms with Gasteiger partial charge in [-0.3, -0.25) is 14.6 Å². The molecule has 1 amide bonds. The van der Waals surface area contributed by atoms with Crippen molar-refractivity contribution in [2.45, 2.75) is 76.9 Å². The number of rotatable bonds is 6. The Labute approximate surface area is 169 Å². The molecule has 0 aromatic carbocycles. The molecular weight excluding hydrogens is 350 g/mol. The first-order valence-electron chi connectivity index (χ1n) is 11.2. The lowest BCUT2D eigenvalue weighted by atomic mass is 9.93. The first kappa shape index (κ1) is 19.8. The average molecular weight is 386 g/mol. The third-order valence-electron chi connectivity index (χ3n) is 6.45. The minimum Gasteiger partial charge on any atom is -0.353 e. The fraction of sp³-hybridized carbons (Fsp3) is 0.773. The van der Waals surface area contributed by atoms with Crippen molar-refractivity contribution in [2.75, 3.05) is 26.2 Å². The van der Waals surface area contributed by atoms with Crippen molar-refractivity contribution in [3.8, 4) is 0 Å². The lowest BCUT2D eigenvalue weighted by Gasteiger charge is -2.42. The minimum atomic E-state index is 0.197. The van der Waals surface area contributed by atoms with E-state index in [4.69, 9.17) is 4.98 Å². The Balaban J connectivity index is 1.25.